The molecule has 1 fully saturated rings. The molecule has 3 N–H and O–H groups in total. The van der Waals surface area contributed by atoms with E-state index in [0.29, 0.717) is 11.8 Å². The van der Waals surface area contributed by atoms with E-state index in [2.05, 4.69) is 86.7 Å². The molecule has 0 aliphatic heterocycles. The average molecular weight is 427 g/mol. The molecule has 1 heterocycles. The summed E-state index contributed by atoms with van der Waals surface area (Å²) in [6, 6.07) is 8.71. The number of aromatic nitrogens is 4. The number of rotatable bonds is 8. The topological polar surface area (TPSA) is 81.7 Å². The van der Waals surface area contributed by atoms with Gasteiger partial charge in [0.15, 0.2) is 5.82 Å². The van der Waals surface area contributed by atoms with E-state index in [9.17, 15) is 0 Å². The quantitative estimate of drug-likeness (QED) is 0.645. The fourth-order valence-corrected chi connectivity index (χ4v) is 5.38. The predicted molar refractivity (Wildman–Crippen MR) is 127 cm³/mol. The molecule has 0 amide bonds. The van der Waals surface area contributed by atoms with Crippen molar-refractivity contribution in [3.63, 3.8) is 0 Å². The van der Waals surface area contributed by atoms with Crippen molar-refractivity contribution in [2.45, 2.75) is 85.2 Å². The molecule has 6 heteroatoms. The highest BCUT2D eigenvalue weighted by Gasteiger charge is 2.34. The number of aryl methyl sites for hydroxylation is 1. The highest BCUT2D eigenvalue weighted by Crippen LogP contribution is 2.34. The van der Waals surface area contributed by atoms with Gasteiger partial charge in [-0.2, -0.15) is 0 Å². The monoisotopic (exact) mass is 426 g/mol. The third kappa shape index (κ3) is 6.36. The van der Waals surface area contributed by atoms with Gasteiger partial charge in [-0.15, -0.1) is 5.10 Å². The molecule has 1 aromatic carbocycles. The van der Waals surface area contributed by atoms with Gasteiger partial charge in [0.1, 0.15) is 0 Å². The molecule has 3 atom stereocenters. The van der Waals surface area contributed by atoms with Crippen LogP contribution in [0.15, 0.2) is 24.3 Å². The molecule has 0 bridgehead atoms. The van der Waals surface area contributed by atoms with Crippen molar-refractivity contribution in [3.8, 4) is 0 Å². The second kappa shape index (κ2) is 9.78. The van der Waals surface area contributed by atoms with Gasteiger partial charge in [0.25, 0.3) is 0 Å². The van der Waals surface area contributed by atoms with Gasteiger partial charge in [-0.25, -0.2) is 4.68 Å². The maximum absolute atomic E-state index is 5.97. The standard InChI is InChI=1S/C25H42N6/c1-18-10-12-21(13-11-18)22(27-16-20-9-7-8-19(14-20)15-26)23-28-29-30-31(23)25(5,6)17-24(2,3)4/h10-13,19-20,22,27H,7-9,14-17,26H2,1-6H3. The number of tetrazole rings is 1. The zero-order valence-corrected chi connectivity index (χ0v) is 20.4. The number of benzene rings is 1. The van der Waals surface area contributed by atoms with E-state index in [0.717, 1.165) is 25.3 Å². The van der Waals surface area contributed by atoms with E-state index in [1.165, 1.54) is 36.8 Å². The second-order valence-corrected chi connectivity index (χ2v) is 11.4. The van der Waals surface area contributed by atoms with Crippen LogP contribution >= 0.6 is 0 Å². The van der Waals surface area contributed by atoms with E-state index >= 15 is 0 Å². The summed E-state index contributed by atoms with van der Waals surface area (Å²) in [4.78, 5) is 0. The summed E-state index contributed by atoms with van der Waals surface area (Å²) >= 11 is 0. The second-order valence-electron chi connectivity index (χ2n) is 11.4. The molecule has 0 saturated heterocycles. The lowest BCUT2D eigenvalue weighted by Crippen LogP contribution is -2.38. The Hall–Kier alpha value is -1.79. The van der Waals surface area contributed by atoms with Crippen molar-refractivity contribution < 1.29 is 0 Å². The smallest absolute Gasteiger partial charge is 0.173 e. The third-order valence-electron chi connectivity index (χ3n) is 6.53. The summed E-state index contributed by atoms with van der Waals surface area (Å²) in [6.07, 6.45) is 6.02. The van der Waals surface area contributed by atoms with Crippen LogP contribution < -0.4 is 11.1 Å². The Labute approximate surface area is 188 Å². The average Bonchev–Trinajstić information content (AvgIpc) is 3.18. The summed E-state index contributed by atoms with van der Waals surface area (Å²) in [6.45, 7) is 15.2. The first-order chi connectivity index (χ1) is 14.6. The van der Waals surface area contributed by atoms with Gasteiger partial charge < -0.3 is 11.1 Å². The van der Waals surface area contributed by atoms with Crippen LogP contribution in [-0.4, -0.2) is 33.3 Å². The van der Waals surface area contributed by atoms with Crippen LogP contribution in [0.4, 0.5) is 0 Å². The van der Waals surface area contributed by atoms with Crippen LogP contribution in [0.2, 0.25) is 0 Å². The third-order valence-corrected chi connectivity index (χ3v) is 6.53. The van der Waals surface area contributed by atoms with Crippen molar-refractivity contribution in [3.05, 3.63) is 41.2 Å². The lowest BCUT2D eigenvalue weighted by atomic mass is 9.81. The van der Waals surface area contributed by atoms with Crippen LogP contribution in [0.5, 0.6) is 0 Å². The number of nitrogens with one attached hydrogen (secondary N) is 1. The first-order valence-corrected chi connectivity index (χ1v) is 11.9. The summed E-state index contributed by atoms with van der Waals surface area (Å²) in [5.74, 6) is 2.21. The molecule has 3 rings (SSSR count). The highest BCUT2D eigenvalue weighted by atomic mass is 15.6. The Morgan fingerprint density at radius 3 is 2.42 bits per heavy atom. The first kappa shape index (κ1) is 23.9. The Kier molecular flexibility index (Phi) is 7.53. The zero-order valence-electron chi connectivity index (χ0n) is 20.4. The van der Waals surface area contributed by atoms with Gasteiger partial charge in [0, 0.05) is 0 Å². The van der Waals surface area contributed by atoms with Crippen molar-refractivity contribution in [1.29, 1.82) is 0 Å². The normalized spacial score (nSPS) is 21.3. The van der Waals surface area contributed by atoms with Crippen LogP contribution in [0.3, 0.4) is 0 Å². The van der Waals surface area contributed by atoms with Crippen molar-refractivity contribution in [2.75, 3.05) is 13.1 Å². The molecule has 2 aromatic rings. The molecule has 1 aliphatic carbocycles. The van der Waals surface area contributed by atoms with Crippen molar-refractivity contribution >= 4 is 0 Å². The highest BCUT2D eigenvalue weighted by molar-refractivity contribution is 5.28. The van der Waals surface area contributed by atoms with Gasteiger partial charge in [-0.05, 0) is 92.8 Å². The molecule has 172 valence electrons. The molecular weight excluding hydrogens is 384 g/mol. The Bertz CT molecular complexity index is 817. The van der Waals surface area contributed by atoms with E-state index in [1.807, 2.05) is 4.68 Å². The fraction of sp³-hybridized carbons (Fsp3) is 0.720. The number of nitrogens with zero attached hydrogens (tertiary/aromatic N) is 4. The summed E-state index contributed by atoms with van der Waals surface area (Å²) in [5.41, 5.74) is 8.43. The van der Waals surface area contributed by atoms with Crippen LogP contribution in [0.1, 0.15) is 89.7 Å². The van der Waals surface area contributed by atoms with Gasteiger partial charge in [-0.1, -0.05) is 57.0 Å². The van der Waals surface area contributed by atoms with Crippen LogP contribution in [0, 0.1) is 24.2 Å². The molecule has 0 spiro atoms. The molecule has 1 aromatic heterocycles. The molecule has 31 heavy (non-hydrogen) atoms. The molecule has 1 aliphatic rings. The Balaban J connectivity index is 1.87. The first-order valence-electron chi connectivity index (χ1n) is 11.9. The molecule has 0 radical (unpaired) electrons. The minimum atomic E-state index is -0.183. The van der Waals surface area contributed by atoms with E-state index < -0.39 is 0 Å². The van der Waals surface area contributed by atoms with E-state index in [1.54, 1.807) is 0 Å². The van der Waals surface area contributed by atoms with Gasteiger partial charge in [-0.3, -0.25) is 0 Å². The van der Waals surface area contributed by atoms with Crippen LogP contribution in [0.25, 0.3) is 0 Å². The summed E-state index contributed by atoms with van der Waals surface area (Å²) in [5, 5.41) is 16.9. The van der Waals surface area contributed by atoms with Gasteiger partial charge in [0.05, 0.1) is 11.6 Å². The predicted octanol–water partition coefficient (Wildman–Crippen LogP) is 4.60. The maximum Gasteiger partial charge on any atom is 0.173 e. The number of hydrogen-bond acceptors (Lipinski definition) is 5. The minimum Gasteiger partial charge on any atom is -0.330 e. The number of hydrogen-bond donors (Lipinski definition) is 2. The SMILES string of the molecule is Cc1ccc(C(NCC2CCCC(CN)C2)c2nnnn2C(C)(C)CC(C)(C)C)cc1. The lowest BCUT2D eigenvalue weighted by molar-refractivity contribution is 0.187. The molecule has 1 saturated carbocycles. The van der Waals surface area contributed by atoms with Crippen molar-refractivity contribution in [2.24, 2.45) is 23.0 Å². The van der Waals surface area contributed by atoms with Crippen LogP contribution in [-0.2, 0) is 5.54 Å². The minimum absolute atomic E-state index is 0.0342. The molecular formula is C25H42N6. The maximum atomic E-state index is 5.97. The fourth-order valence-electron chi connectivity index (χ4n) is 5.38. The number of nitrogens with two attached hydrogens (primary N) is 1. The van der Waals surface area contributed by atoms with E-state index in [4.69, 9.17) is 5.73 Å². The largest absolute Gasteiger partial charge is 0.330 e. The van der Waals surface area contributed by atoms with Gasteiger partial charge in [0.2, 0.25) is 0 Å². The molecule has 6 nitrogen and oxygen atoms in total. The summed E-state index contributed by atoms with van der Waals surface area (Å²) < 4.78 is 2.04. The summed E-state index contributed by atoms with van der Waals surface area (Å²) in [7, 11) is 0. The van der Waals surface area contributed by atoms with Crippen molar-refractivity contribution in [1.82, 2.24) is 25.5 Å². The molecule has 3 unspecified atom stereocenters. The van der Waals surface area contributed by atoms with Gasteiger partial charge >= 0.3 is 0 Å². The Morgan fingerprint density at radius 2 is 1.77 bits per heavy atom. The zero-order chi connectivity index (χ0) is 22.6. The lowest BCUT2D eigenvalue weighted by Gasteiger charge is -2.34. The van der Waals surface area contributed by atoms with E-state index in [-0.39, 0.29) is 17.0 Å². The Morgan fingerprint density at radius 1 is 1.10 bits per heavy atom.